The van der Waals surface area contributed by atoms with E-state index in [0.29, 0.717) is 5.69 Å². The van der Waals surface area contributed by atoms with Crippen molar-refractivity contribution in [3.63, 3.8) is 0 Å². The summed E-state index contributed by atoms with van der Waals surface area (Å²) < 4.78 is 36.6. The van der Waals surface area contributed by atoms with Gasteiger partial charge in [-0.2, -0.15) is 13.2 Å². The SMILES string of the molecule is FC(F)(F)Sc1cccc(NNC2=NCCS2)c1. The van der Waals surface area contributed by atoms with E-state index in [1.165, 1.54) is 12.1 Å². The van der Waals surface area contributed by atoms with Crippen molar-refractivity contribution < 1.29 is 13.2 Å². The van der Waals surface area contributed by atoms with Crippen LogP contribution >= 0.6 is 23.5 Å². The fraction of sp³-hybridized carbons (Fsp3) is 0.300. The van der Waals surface area contributed by atoms with E-state index >= 15 is 0 Å². The van der Waals surface area contributed by atoms with Crippen molar-refractivity contribution in [1.82, 2.24) is 5.43 Å². The molecule has 2 N–H and O–H groups in total. The zero-order chi connectivity index (χ0) is 13.0. The molecule has 8 heteroatoms. The van der Waals surface area contributed by atoms with Crippen LogP contribution in [0.5, 0.6) is 0 Å². The number of nitrogens with one attached hydrogen (secondary N) is 2. The number of rotatable bonds is 3. The summed E-state index contributed by atoms with van der Waals surface area (Å²) in [7, 11) is 0. The van der Waals surface area contributed by atoms with Crippen LogP contribution in [0.2, 0.25) is 0 Å². The van der Waals surface area contributed by atoms with Gasteiger partial charge in [0.05, 0.1) is 12.2 Å². The summed E-state index contributed by atoms with van der Waals surface area (Å²) in [6, 6.07) is 6.12. The first-order chi connectivity index (χ1) is 8.53. The summed E-state index contributed by atoms with van der Waals surface area (Å²) in [6.45, 7) is 0.763. The molecule has 2 rings (SSSR count). The molecule has 1 heterocycles. The maximum Gasteiger partial charge on any atom is 0.446 e. The highest BCUT2D eigenvalue weighted by atomic mass is 32.2. The first-order valence-corrected chi connectivity index (χ1v) is 6.88. The molecule has 1 aliphatic rings. The molecule has 0 radical (unpaired) electrons. The molecule has 1 aromatic carbocycles. The monoisotopic (exact) mass is 293 g/mol. The highest BCUT2D eigenvalue weighted by molar-refractivity contribution is 8.14. The van der Waals surface area contributed by atoms with E-state index in [1.54, 1.807) is 23.9 Å². The number of hydrogen-bond donors (Lipinski definition) is 2. The Balaban J connectivity index is 1.94. The predicted molar refractivity (Wildman–Crippen MR) is 69.9 cm³/mol. The van der Waals surface area contributed by atoms with E-state index in [0.717, 1.165) is 17.5 Å². The highest BCUT2D eigenvalue weighted by Gasteiger charge is 2.29. The Morgan fingerprint density at radius 1 is 1.28 bits per heavy atom. The lowest BCUT2D eigenvalue weighted by molar-refractivity contribution is -0.0328. The third kappa shape index (κ3) is 4.34. The number of benzene rings is 1. The summed E-state index contributed by atoms with van der Waals surface area (Å²) in [5.41, 5.74) is 1.99. The Kier molecular flexibility index (Phi) is 4.28. The molecule has 0 unspecified atom stereocenters. The summed E-state index contributed by atoms with van der Waals surface area (Å²) in [4.78, 5) is 4.30. The van der Waals surface area contributed by atoms with Crippen molar-refractivity contribution >= 4 is 34.4 Å². The van der Waals surface area contributed by atoms with E-state index in [9.17, 15) is 13.2 Å². The maximum atomic E-state index is 12.2. The zero-order valence-electron chi connectivity index (χ0n) is 9.12. The molecule has 18 heavy (non-hydrogen) atoms. The Hall–Kier alpha value is -1.02. The van der Waals surface area contributed by atoms with Gasteiger partial charge >= 0.3 is 5.51 Å². The topological polar surface area (TPSA) is 36.4 Å². The van der Waals surface area contributed by atoms with Gasteiger partial charge in [-0.1, -0.05) is 17.8 Å². The van der Waals surface area contributed by atoms with Crippen LogP contribution < -0.4 is 10.9 Å². The van der Waals surface area contributed by atoms with Gasteiger partial charge in [0.25, 0.3) is 0 Å². The molecule has 0 bridgehead atoms. The van der Waals surface area contributed by atoms with Crippen LogP contribution in [0, 0.1) is 0 Å². The van der Waals surface area contributed by atoms with Crippen LogP contribution in [0.4, 0.5) is 18.9 Å². The van der Waals surface area contributed by atoms with Crippen molar-refractivity contribution in [3.05, 3.63) is 24.3 Å². The minimum Gasteiger partial charge on any atom is -0.299 e. The molecular weight excluding hydrogens is 283 g/mol. The largest absolute Gasteiger partial charge is 0.446 e. The number of aliphatic imine (C=N–C) groups is 1. The molecular formula is C10H10F3N3S2. The summed E-state index contributed by atoms with van der Waals surface area (Å²) >= 11 is 1.44. The lowest BCUT2D eigenvalue weighted by Crippen LogP contribution is -2.25. The van der Waals surface area contributed by atoms with E-state index in [-0.39, 0.29) is 16.7 Å². The van der Waals surface area contributed by atoms with Crippen molar-refractivity contribution in [2.45, 2.75) is 10.4 Å². The smallest absolute Gasteiger partial charge is 0.299 e. The molecule has 0 amide bonds. The average Bonchev–Trinajstić information content (AvgIpc) is 2.77. The van der Waals surface area contributed by atoms with Crippen LogP contribution in [0.15, 0.2) is 34.2 Å². The van der Waals surface area contributed by atoms with Crippen LogP contribution in [0.3, 0.4) is 0 Å². The molecule has 0 aromatic heterocycles. The zero-order valence-corrected chi connectivity index (χ0v) is 10.8. The van der Waals surface area contributed by atoms with Gasteiger partial charge in [0.2, 0.25) is 0 Å². The number of hydrazine groups is 1. The number of hydrogen-bond acceptors (Lipinski definition) is 5. The lowest BCUT2D eigenvalue weighted by atomic mass is 10.3. The first kappa shape index (κ1) is 13.4. The van der Waals surface area contributed by atoms with Crippen molar-refractivity contribution in [2.24, 2.45) is 4.99 Å². The summed E-state index contributed by atoms with van der Waals surface area (Å²) in [5.74, 6) is 0.925. The van der Waals surface area contributed by atoms with Gasteiger partial charge < -0.3 is 0 Å². The minimum atomic E-state index is -4.27. The molecule has 0 aliphatic carbocycles. The molecule has 3 nitrogen and oxygen atoms in total. The number of alkyl halides is 3. The van der Waals surface area contributed by atoms with Gasteiger partial charge in [0.15, 0.2) is 5.17 Å². The second kappa shape index (κ2) is 5.75. The van der Waals surface area contributed by atoms with E-state index in [4.69, 9.17) is 0 Å². The van der Waals surface area contributed by atoms with Gasteiger partial charge in [0.1, 0.15) is 0 Å². The second-order valence-corrected chi connectivity index (χ2v) is 5.58. The maximum absolute atomic E-state index is 12.2. The molecule has 0 spiro atoms. The Labute approximate surface area is 111 Å². The number of nitrogens with zero attached hydrogens (tertiary/aromatic N) is 1. The first-order valence-electron chi connectivity index (χ1n) is 5.08. The van der Waals surface area contributed by atoms with Crippen LogP contribution in [0.25, 0.3) is 0 Å². The number of halogens is 3. The normalized spacial score (nSPS) is 15.4. The van der Waals surface area contributed by atoms with Crippen LogP contribution in [0.1, 0.15) is 0 Å². The van der Waals surface area contributed by atoms with E-state index in [1.807, 2.05) is 0 Å². The molecule has 98 valence electrons. The van der Waals surface area contributed by atoms with Crippen molar-refractivity contribution in [1.29, 1.82) is 0 Å². The summed E-state index contributed by atoms with van der Waals surface area (Å²) in [6.07, 6.45) is 0. The average molecular weight is 293 g/mol. The van der Waals surface area contributed by atoms with Gasteiger partial charge in [-0.05, 0) is 30.0 Å². The predicted octanol–water partition coefficient (Wildman–Crippen LogP) is 3.32. The fourth-order valence-corrected chi connectivity index (χ4v) is 2.59. The molecule has 0 saturated heterocycles. The quantitative estimate of drug-likeness (QED) is 0.662. The Morgan fingerprint density at radius 3 is 2.78 bits per heavy atom. The van der Waals surface area contributed by atoms with Gasteiger partial charge in [-0.15, -0.1) is 0 Å². The van der Waals surface area contributed by atoms with Crippen molar-refractivity contribution in [3.8, 4) is 0 Å². The van der Waals surface area contributed by atoms with Crippen LogP contribution in [-0.4, -0.2) is 23.0 Å². The lowest BCUT2D eigenvalue weighted by Gasteiger charge is -2.10. The molecule has 0 atom stereocenters. The van der Waals surface area contributed by atoms with Gasteiger partial charge in [0, 0.05) is 10.6 Å². The van der Waals surface area contributed by atoms with Crippen LogP contribution in [-0.2, 0) is 0 Å². The van der Waals surface area contributed by atoms with Gasteiger partial charge in [-0.3, -0.25) is 15.8 Å². The second-order valence-electron chi connectivity index (χ2n) is 3.36. The highest BCUT2D eigenvalue weighted by Crippen LogP contribution is 2.37. The Bertz CT molecular complexity index is 448. The standard InChI is InChI=1S/C10H10F3N3S2/c11-10(12,13)18-8-3-1-2-7(6-8)15-16-9-14-4-5-17-9/h1-3,6,15H,4-5H2,(H,14,16). The van der Waals surface area contributed by atoms with E-state index in [2.05, 4.69) is 15.8 Å². The Morgan fingerprint density at radius 2 is 2.11 bits per heavy atom. The minimum absolute atomic E-state index is 0.130. The molecule has 1 aromatic rings. The molecule has 0 fully saturated rings. The third-order valence-corrected chi connectivity index (χ3v) is 3.58. The molecule has 0 saturated carbocycles. The number of amidine groups is 1. The van der Waals surface area contributed by atoms with Gasteiger partial charge in [-0.25, -0.2) is 0 Å². The number of thioether (sulfide) groups is 2. The number of anilines is 1. The fourth-order valence-electron chi connectivity index (χ4n) is 1.31. The van der Waals surface area contributed by atoms with Crippen molar-refractivity contribution in [2.75, 3.05) is 17.7 Å². The molecule has 1 aliphatic heterocycles. The summed E-state index contributed by atoms with van der Waals surface area (Å²) in [5, 5.41) is 0.754. The van der Waals surface area contributed by atoms with E-state index < -0.39 is 5.51 Å². The third-order valence-electron chi connectivity index (χ3n) is 1.97.